The Kier molecular flexibility index (Phi) is 5.70. The zero-order valence-corrected chi connectivity index (χ0v) is 15.1. The largest absolute Gasteiger partial charge is 0.444 e. The molecule has 1 atom stereocenters. The molecule has 0 spiro atoms. The maximum atomic E-state index is 12.3. The molecule has 0 aromatic heterocycles. The van der Waals surface area contributed by atoms with Crippen molar-refractivity contribution in [3.63, 3.8) is 0 Å². The van der Waals surface area contributed by atoms with Crippen LogP contribution in [0.2, 0.25) is 0 Å². The summed E-state index contributed by atoms with van der Waals surface area (Å²) in [6, 6.07) is 0. The van der Waals surface area contributed by atoms with Gasteiger partial charge in [-0.2, -0.15) is 0 Å². The van der Waals surface area contributed by atoms with Crippen LogP contribution in [0.25, 0.3) is 0 Å². The fourth-order valence-electron chi connectivity index (χ4n) is 2.51. The maximum absolute atomic E-state index is 12.3. The van der Waals surface area contributed by atoms with Gasteiger partial charge >= 0.3 is 6.09 Å². The third kappa shape index (κ3) is 5.66. The number of amides is 2. The molecule has 0 aromatic rings. The number of alkyl carbamates (subject to hydrolysis) is 1. The summed E-state index contributed by atoms with van der Waals surface area (Å²) in [7, 11) is 1.56. The van der Waals surface area contributed by atoms with E-state index < -0.39 is 34.8 Å². The average molecular weight is 330 g/mol. The smallest absolute Gasteiger partial charge is 0.408 e. The lowest BCUT2D eigenvalue weighted by Crippen LogP contribution is -2.70. The van der Waals surface area contributed by atoms with Crippen molar-refractivity contribution < 1.29 is 24.2 Å². The van der Waals surface area contributed by atoms with Gasteiger partial charge in [-0.25, -0.2) is 4.79 Å². The van der Waals surface area contributed by atoms with Gasteiger partial charge in [0.2, 0.25) is 0 Å². The molecule has 134 valence electrons. The molecule has 1 aliphatic carbocycles. The fourth-order valence-corrected chi connectivity index (χ4v) is 2.51. The van der Waals surface area contributed by atoms with Crippen LogP contribution in [-0.2, 0) is 14.3 Å². The van der Waals surface area contributed by atoms with Gasteiger partial charge in [0.05, 0.1) is 11.6 Å². The number of methoxy groups -OCH3 is 1. The number of ether oxygens (including phenoxy) is 2. The number of aliphatic hydroxyl groups excluding tert-OH is 1. The summed E-state index contributed by atoms with van der Waals surface area (Å²) in [5.74, 6) is -0.525. The van der Waals surface area contributed by atoms with Crippen LogP contribution in [0.5, 0.6) is 0 Å². The standard InChI is InChI=1S/C16H30N2O5/c1-14(2,3)17-12(20)11(19)16(8-10(9-16)22-7)18-13(21)23-15(4,5)6/h10-11,19H,8-9H2,1-7H3,(H,17,20)(H,18,21). The minimum absolute atomic E-state index is 0.109. The molecular formula is C16H30N2O5. The summed E-state index contributed by atoms with van der Waals surface area (Å²) >= 11 is 0. The van der Waals surface area contributed by atoms with Crippen molar-refractivity contribution in [2.75, 3.05) is 7.11 Å². The van der Waals surface area contributed by atoms with E-state index >= 15 is 0 Å². The lowest BCUT2D eigenvalue weighted by Gasteiger charge is -2.49. The normalized spacial score (nSPS) is 26.0. The molecule has 1 rings (SSSR count). The third-order valence-corrected chi connectivity index (χ3v) is 3.54. The molecule has 1 aliphatic rings. The Hall–Kier alpha value is -1.34. The molecule has 0 bridgehead atoms. The van der Waals surface area contributed by atoms with Crippen molar-refractivity contribution in [1.29, 1.82) is 0 Å². The van der Waals surface area contributed by atoms with E-state index in [1.807, 2.05) is 20.8 Å². The zero-order valence-electron chi connectivity index (χ0n) is 15.1. The van der Waals surface area contributed by atoms with E-state index in [4.69, 9.17) is 9.47 Å². The van der Waals surface area contributed by atoms with Gasteiger partial charge in [0.25, 0.3) is 5.91 Å². The summed E-state index contributed by atoms with van der Waals surface area (Å²) in [5, 5.41) is 15.9. The van der Waals surface area contributed by atoms with Gasteiger partial charge in [-0.05, 0) is 41.5 Å². The van der Waals surface area contributed by atoms with E-state index in [0.29, 0.717) is 12.8 Å². The topological polar surface area (TPSA) is 96.9 Å². The lowest BCUT2D eigenvalue weighted by molar-refractivity contribution is -0.145. The van der Waals surface area contributed by atoms with Gasteiger partial charge < -0.3 is 25.2 Å². The van der Waals surface area contributed by atoms with E-state index in [-0.39, 0.29) is 6.10 Å². The Morgan fingerprint density at radius 2 is 1.70 bits per heavy atom. The molecule has 0 radical (unpaired) electrons. The van der Waals surface area contributed by atoms with Crippen molar-refractivity contribution in [3.8, 4) is 0 Å². The van der Waals surface area contributed by atoms with Crippen molar-refractivity contribution in [2.45, 2.75) is 83.3 Å². The summed E-state index contributed by atoms with van der Waals surface area (Å²) in [4.78, 5) is 24.3. The Labute approximate surface area is 138 Å². The number of hydrogen-bond donors (Lipinski definition) is 3. The average Bonchev–Trinajstić information content (AvgIpc) is 2.27. The first-order chi connectivity index (χ1) is 10.3. The van der Waals surface area contributed by atoms with Crippen LogP contribution in [0.15, 0.2) is 0 Å². The SMILES string of the molecule is COC1CC(NC(=O)OC(C)(C)C)(C(O)C(=O)NC(C)(C)C)C1. The highest BCUT2D eigenvalue weighted by Gasteiger charge is 2.54. The molecule has 7 nitrogen and oxygen atoms in total. The Bertz CT molecular complexity index is 444. The molecule has 0 heterocycles. The second-order valence-electron chi connectivity index (χ2n) is 8.19. The van der Waals surface area contributed by atoms with Crippen LogP contribution in [0, 0.1) is 0 Å². The predicted molar refractivity (Wildman–Crippen MR) is 86.0 cm³/mol. The molecule has 1 saturated carbocycles. The van der Waals surface area contributed by atoms with Crippen molar-refractivity contribution >= 4 is 12.0 Å². The maximum Gasteiger partial charge on any atom is 0.408 e. The predicted octanol–water partition coefficient (Wildman–Crippen LogP) is 1.33. The van der Waals surface area contributed by atoms with Gasteiger partial charge in [0, 0.05) is 25.5 Å². The van der Waals surface area contributed by atoms with E-state index in [1.165, 1.54) is 0 Å². The van der Waals surface area contributed by atoms with Gasteiger partial charge in [0.15, 0.2) is 6.10 Å². The van der Waals surface area contributed by atoms with E-state index in [1.54, 1.807) is 27.9 Å². The van der Waals surface area contributed by atoms with E-state index in [9.17, 15) is 14.7 Å². The highest BCUT2D eigenvalue weighted by Crippen LogP contribution is 2.38. The molecular weight excluding hydrogens is 300 g/mol. The quantitative estimate of drug-likeness (QED) is 0.723. The fraction of sp³-hybridized carbons (Fsp3) is 0.875. The molecule has 0 aliphatic heterocycles. The first-order valence-electron chi connectivity index (χ1n) is 7.82. The highest BCUT2D eigenvalue weighted by molar-refractivity contribution is 5.84. The Balaban J connectivity index is 2.83. The summed E-state index contributed by atoms with van der Waals surface area (Å²) in [6.45, 7) is 10.7. The lowest BCUT2D eigenvalue weighted by atomic mass is 9.70. The second-order valence-corrected chi connectivity index (χ2v) is 8.19. The van der Waals surface area contributed by atoms with E-state index in [0.717, 1.165) is 0 Å². The first-order valence-corrected chi connectivity index (χ1v) is 7.82. The monoisotopic (exact) mass is 330 g/mol. The number of nitrogens with one attached hydrogen (secondary N) is 2. The zero-order chi connectivity index (χ0) is 18.1. The first kappa shape index (κ1) is 19.7. The van der Waals surface area contributed by atoms with Crippen molar-refractivity contribution in [1.82, 2.24) is 10.6 Å². The number of hydrogen-bond acceptors (Lipinski definition) is 5. The van der Waals surface area contributed by atoms with Crippen LogP contribution in [0.4, 0.5) is 4.79 Å². The molecule has 0 aromatic carbocycles. The van der Waals surface area contributed by atoms with Crippen molar-refractivity contribution in [2.24, 2.45) is 0 Å². The van der Waals surface area contributed by atoms with Gasteiger partial charge in [-0.3, -0.25) is 4.79 Å². The second kappa shape index (κ2) is 6.65. The van der Waals surface area contributed by atoms with Gasteiger partial charge in [0.1, 0.15) is 5.60 Å². The number of aliphatic hydroxyl groups is 1. The van der Waals surface area contributed by atoms with Crippen LogP contribution in [-0.4, -0.2) is 53.1 Å². The van der Waals surface area contributed by atoms with Gasteiger partial charge in [-0.1, -0.05) is 0 Å². The number of carbonyl (C=O) groups excluding carboxylic acids is 2. The number of carbonyl (C=O) groups is 2. The molecule has 2 amide bonds. The minimum Gasteiger partial charge on any atom is -0.444 e. The molecule has 0 saturated heterocycles. The van der Waals surface area contributed by atoms with E-state index in [2.05, 4.69) is 10.6 Å². The number of rotatable bonds is 4. The molecule has 3 N–H and O–H groups in total. The van der Waals surface area contributed by atoms with Crippen LogP contribution >= 0.6 is 0 Å². The summed E-state index contributed by atoms with van der Waals surface area (Å²) in [6.07, 6.45) is -1.44. The molecule has 7 heteroatoms. The van der Waals surface area contributed by atoms with Gasteiger partial charge in [-0.15, -0.1) is 0 Å². The van der Waals surface area contributed by atoms with Crippen LogP contribution < -0.4 is 10.6 Å². The third-order valence-electron chi connectivity index (χ3n) is 3.54. The molecule has 1 fully saturated rings. The molecule has 1 unspecified atom stereocenters. The summed E-state index contributed by atoms with van der Waals surface area (Å²) in [5.41, 5.74) is -2.21. The summed E-state index contributed by atoms with van der Waals surface area (Å²) < 4.78 is 10.5. The van der Waals surface area contributed by atoms with Crippen LogP contribution in [0.1, 0.15) is 54.4 Å². The Morgan fingerprint density at radius 1 is 1.17 bits per heavy atom. The van der Waals surface area contributed by atoms with Crippen molar-refractivity contribution in [3.05, 3.63) is 0 Å². The van der Waals surface area contributed by atoms with Crippen LogP contribution in [0.3, 0.4) is 0 Å². The highest BCUT2D eigenvalue weighted by atomic mass is 16.6. The Morgan fingerprint density at radius 3 is 2.09 bits per heavy atom. The minimum atomic E-state index is -1.37. The molecule has 23 heavy (non-hydrogen) atoms.